The van der Waals surface area contributed by atoms with E-state index in [0.717, 1.165) is 31.1 Å². The van der Waals surface area contributed by atoms with Gasteiger partial charge >= 0.3 is 5.97 Å². The molecule has 0 aliphatic heterocycles. The van der Waals surface area contributed by atoms with E-state index in [9.17, 15) is 9.90 Å². The summed E-state index contributed by atoms with van der Waals surface area (Å²) in [7, 11) is 1.88. The number of carbonyl (C=O) groups excluding carboxylic acids is 1. The van der Waals surface area contributed by atoms with Gasteiger partial charge in [0.2, 0.25) is 0 Å². The summed E-state index contributed by atoms with van der Waals surface area (Å²) in [6.45, 7) is 4.56. The average Bonchev–Trinajstić information content (AvgIpc) is 2.96. The Bertz CT molecular complexity index is 548. The normalized spacial score (nSPS) is 50.5. The molecular formula is C22H36O4. The van der Waals surface area contributed by atoms with Crippen LogP contribution in [0.2, 0.25) is 0 Å². The topological polar surface area (TPSA) is 55.8 Å². The molecule has 0 aromatic rings. The summed E-state index contributed by atoms with van der Waals surface area (Å²) in [6, 6.07) is 0. The molecule has 4 saturated carbocycles. The third-order valence-electron chi connectivity index (χ3n) is 9.08. The Balaban J connectivity index is 1.63. The third kappa shape index (κ3) is 2.74. The molecule has 0 bridgehead atoms. The molecular weight excluding hydrogens is 328 g/mol. The molecule has 4 rings (SSSR count). The third-order valence-corrected chi connectivity index (χ3v) is 9.08. The minimum atomic E-state index is -0.166. The van der Waals surface area contributed by atoms with Crippen LogP contribution >= 0.6 is 0 Å². The van der Waals surface area contributed by atoms with Gasteiger partial charge in [0.1, 0.15) is 0 Å². The monoisotopic (exact) mass is 364 g/mol. The van der Waals surface area contributed by atoms with Gasteiger partial charge in [-0.15, -0.1) is 0 Å². The number of methoxy groups -OCH3 is 1. The molecule has 0 amide bonds. The zero-order valence-corrected chi connectivity index (χ0v) is 16.7. The molecule has 4 aliphatic rings. The molecule has 0 radical (unpaired) electrons. The Kier molecular flexibility index (Phi) is 4.88. The van der Waals surface area contributed by atoms with Crippen LogP contribution in [0.4, 0.5) is 0 Å². The summed E-state index contributed by atoms with van der Waals surface area (Å²) in [4.78, 5) is 11.6. The van der Waals surface area contributed by atoms with Gasteiger partial charge in [-0.05, 0) is 86.9 Å². The van der Waals surface area contributed by atoms with Crippen molar-refractivity contribution in [3.8, 4) is 0 Å². The molecule has 4 nitrogen and oxygen atoms in total. The van der Waals surface area contributed by atoms with Crippen LogP contribution in [-0.4, -0.2) is 37.0 Å². The van der Waals surface area contributed by atoms with Crippen LogP contribution < -0.4 is 0 Å². The highest BCUT2D eigenvalue weighted by molar-refractivity contribution is 5.65. The molecule has 4 heteroatoms. The molecule has 1 N–H and O–H groups in total. The highest BCUT2D eigenvalue weighted by Gasteiger charge is 2.62. The largest absolute Gasteiger partial charge is 0.465 e. The van der Waals surface area contributed by atoms with Gasteiger partial charge in [0.15, 0.2) is 0 Å². The van der Waals surface area contributed by atoms with Crippen LogP contribution in [0.5, 0.6) is 0 Å². The fourth-order valence-electron chi connectivity index (χ4n) is 7.88. The molecule has 4 fully saturated rings. The zero-order valence-electron chi connectivity index (χ0n) is 16.7. The van der Waals surface area contributed by atoms with Crippen LogP contribution in [0.3, 0.4) is 0 Å². The van der Waals surface area contributed by atoms with Crippen molar-refractivity contribution in [1.29, 1.82) is 0 Å². The van der Waals surface area contributed by atoms with Crippen LogP contribution in [0, 0.1) is 34.5 Å². The second-order valence-corrected chi connectivity index (χ2v) is 9.94. The van der Waals surface area contributed by atoms with Crippen LogP contribution in [0.15, 0.2) is 0 Å². The predicted octanol–water partition coefficient (Wildman–Crippen LogP) is 3.95. The molecule has 0 heterocycles. The number of fused-ring (bicyclic) bond motifs is 5. The van der Waals surface area contributed by atoms with Crippen molar-refractivity contribution in [1.82, 2.24) is 0 Å². The number of rotatable bonds is 3. The molecule has 26 heavy (non-hydrogen) atoms. The number of esters is 1. The van der Waals surface area contributed by atoms with E-state index in [1.165, 1.54) is 45.4 Å². The van der Waals surface area contributed by atoms with E-state index in [1.807, 2.05) is 7.11 Å². The lowest BCUT2D eigenvalue weighted by molar-refractivity contribution is -0.177. The zero-order chi connectivity index (χ0) is 18.5. The summed E-state index contributed by atoms with van der Waals surface area (Å²) in [5.41, 5.74) is 0.417. The number of hydrogen-bond donors (Lipinski definition) is 1. The lowest BCUT2D eigenvalue weighted by Gasteiger charge is -2.61. The smallest absolute Gasteiger partial charge is 0.302 e. The maximum absolute atomic E-state index is 11.6. The SMILES string of the molecule is COC1CC[C@H]2[C@@H]3CCC4CC(O)CC[C@]4(COC(C)=O)[C@@H]3CC[C@]12C. The Morgan fingerprint density at radius 3 is 2.62 bits per heavy atom. The van der Waals surface area contributed by atoms with Crippen molar-refractivity contribution in [2.45, 2.75) is 83.8 Å². The quantitative estimate of drug-likeness (QED) is 0.771. The van der Waals surface area contributed by atoms with Gasteiger partial charge in [-0.3, -0.25) is 4.79 Å². The Morgan fingerprint density at radius 2 is 1.88 bits per heavy atom. The van der Waals surface area contributed by atoms with Gasteiger partial charge in [-0.2, -0.15) is 0 Å². The minimum absolute atomic E-state index is 0.0975. The fourth-order valence-corrected chi connectivity index (χ4v) is 7.88. The second kappa shape index (κ2) is 6.77. The van der Waals surface area contributed by atoms with Crippen molar-refractivity contribution < 1.29 is 19.4 Å². The molecule has 148 valence electrons. The number of carbonyl (C=O) groups is 1. The van der Waals surface area contributed by atoms with Gasteiger partial charge in [-0.25, -0.2) is 0 Å². The highest BCUT2D eigenvalue weighted by Crippen LogP contribution is 2.66. The molecule has 0 spiro atoms. The van der Waals surface area contributed by atoms with E-state index < -0.39 is 0 Å². The first-order chi connectivity index (χ1) is 12.4. The van der Waals surface area contributed by atoms with Crippen molar-refractivity contribution in [3.63, 3.8) is 0 Å². The fraction of sp³-hybridized carbons (Fsp3) is 0.955. The van der Waals surface area contributed by atoms with Crippen molar-refractivity contribution in [2.24, 2.45) is 34.5 Å². The molecule has 8 atom stereocenters. The van der Waals surface area contributed by atoms with E-state index >= 15 is 0 Å². The molecule has 0 aromatic heterocycles. The summed E-state index contributed by atoms with van der Waals surface area (Å²) in [6.07, 6.45) is 10.4. The van der Waals surface area contributed by atoms with Gasteiger partial charge in [0.25, 0.3) is 0 Å². The number of aliphatic hydroxyl groups is 1. The first-order valence-corrected chi connectivity index (χ1v) is 10.7. The molecule has 3 unspecified atom stereocenters. The van der Waals surface area contributed by atoms with Gasteiger partial charge in [0.05, 0.1) is 18.8 Å². The Hall–Kier alpha value is -0.610. The summed E-state index contributed by atoms with van der Waals surface area (Å²) in [5.74, 6) is 2.47. The van der Waals surface area contributed by atoms with E-state index in [2.05, 4.69) is 6.92 Å². The van der Waals surface area contributed by atoms with Crippen molar-refractivity contribution in [3.05, 3.63) is 0 Å². The number of hydrogen-bond acceptors (Lipinski definition) is 4. The van der Waals surface area contributed by atoms with Crippen molar-refractivity contribution >= 4 is 5.97 Å². The van der Waals surface area contributed by atoms with Crippen molar-refractivity contribution in [2.75, 3.05) is 13.7 Å². The first kappa shape index (κ1) is 18.7. The Labute approximate surface area is 158 Å². The highest BCUT2D eigenvalue weighted by atomic mass is 16.5. The lowest BCUT2D eigenvalue weighted by atomic mass is 9.44. The predicted molar refractivity (Wildman–Crippen MR) is 99.5 cm³/mol. The van der Waals surface area contributed by atoms with E-state index in [-0.39, 0.29) is 17.5 Å². The van der Waals surface area contributed by atoms with Gasteiger partial charge < -0.3 is 14.6 Å². The maximum atomic E-state index is 11.6. The number of aliphatic hydroxyl groups excluding tert-OH is 1. The second-order valence-electron chi connectivity index (χ2n) is 9.94. The van der Waals surface area contributed by atoms with Crippen LogP contribution in [0.25, 0.3) is 0 Å². The summed E-state index contributed by atoms with van der Waals surface area (Å²) >= 11 is 0. The molecule has 0 saturated heterocycles. The van der Waals surface area contributed by atoms with Gasteiger partial charge in [0, 0.05) is 19.4 Å². The molecule has 4 aliphatic carbocycles. The van der Waals surface area contributed by atoms with E-state index in [4.69, 9.17) is 9.47 Å². The maximum Gasteiger partial charge on any atom is 0.302 e. The van der Waals surface area contributed by atoms with Crippen LogP contribution in [-0.2, 0) is 14.3 Å². The Morgan fingerprint density at radius 1 is 1.08 bits per heavy atom. The lowest BCUT2D eigenvalue weighted by Crippen LogP contribution is -2.57. The summed E-state index contributed by atoms with van der Waals surface area (Å²) in [5, 5.41) is 10.3. The first-order valence-electron chi connectivity index (χ1n) is 10.7. The van der Waals surface area contributed by atoms with E-state index in [1.54, 1.807) is 0 Å². The van der Waals surface area contributed by atoms with E-state index in [0.29, 0.717) is 30.0 Å². The summed E-state index contributed by atoms with van der Waals surface area (Å²) < 4.78 is 11.5. The minimum Gasteiger partial charge on any atom is -0.465 e. The number of ether oxygens (including phenoxy) is 2. The van der Waals surface area contributed by atoms with Crippen LogP contribution in [0.1, 0.15) is 71.6 Å². The average molecular weight is 365 g/mol. The standard InChI is InChI=1S/C22H36O4/c1-14(23)26-13-22-11-8-16(24)12-15(22)4-5-17-18-6-7-20(25-3)21(18,2)10-9-19(17)22/h15-20,24H,4-13H2,1-3H3/t15?,16?,17-,18-,19+,20?,21-,22+/m0/s1. The molecule has 0 aromatic carbocycles. The van der Waals surface area contributed by atoms with Gasteiger partial charge in [-0.1, -0.05) is 6.92 Å².